The number of carbonyl (C=O) groups is 1. The highest BCUT2D eigenvalue weighted by atomic mass is 16.5. The third-order valence-electron chi connectivity index (χ3n) is 7.23. The Kier molecular flexibility index (Phi) is 6.83. The molecule has 0 aromatic heterocycles. The van der Waals surface area contributed by atoms with Crippen molar-refractivity contribution in [1.29, 1.82) is 0 Å². The van der Waals surface area contributed by atoms with Gasteiger partial charge in [-0.05, 0) is 47.9 Å². The van der Waals surface area contributed by atoms with E-state index in [2.05, 4.69) is 0 Å². The number of fused-ring (bicyclic) bond motifs is 2. The average molecular weight is 511 g/mol. The van der Waals surface area contributed by atoms with Crippen LogP contribution in [0.25, 0.3) is 0 Å². The minimum absolute atomic E-state index is 0.120. The van der Waals surface area contributed by atoms with Gasteiger partial charge < -0.3 is 24.1 Å². The quantitative estimate of drug-likeness (QED) is 0.326. The molecule has 194 valence electrons. The van der Waals surface area contributed by atoms with E-state index < -0.39 is 17.6 Å². The molecule has 0 amide bonds. The third kappa shape index (κ3) is 4.07. The SMILES string of the molecule is COc1ccc([C@@H]([C@@H](C)Oc2ccccc2OC)C2(O)c3ccccc3C(=O)c3ccccc32)cc1OC. The molecule has 0 saturated carbocycles. The van der Waals surface area contributed by atoms with Gasteiger partial charge in [0.1, 0.15) is 11.7 Å². The second-order valence-corrected chi connectivity index (χ2v) is 9.25. The molecule has 0 radical (unpaired) electrons. The summed E-state index contributed by atoms with van der Waals surface area (Å²) in [5.41, 5.74) is 1.12. The van der Waals surface area contributed by atoms with Crippen LogP contribution in [0.3, 0.4) is 0 Å². The zero-order valence-electron chi connectivity index (χ0n) is 21.8. The molecule has 1 aliphatic rings. The molecule has 4 aromatic rings. The Morgan fingerprint density at radius 3 is 1.74 bits per heavy atom. The molecule has 38 heavy (non-hydrogen) atoms. The van der Waals surface area contributed by atoms with Gasteiger partial charge in [-0.2, -0.15) is 0 Å². The maximum Gasteiger partial charge on any atom is 0.193 e. The molecule has 0 bridgehead atoms. The minimum Gasteiger partial charge on any atom is -0.493 e. The molecule has 2 atom stereocenters. The Morgan fingerprint density at radius 1 is 0.658 bits per heavy atom. The summed E-state index contributed by atoms with van der Waals surface area (Å²) in [6.07, 6.45) is -0.580. The number of ketones is 1. The lowest BCUT2D eigenvalue weighted by molar-refractivity contribution is 0.00143. The number of para-hydroxylation sites is 2. The van der Waals surface area contributed by atoms with E-state index in [1.807, 2.05) is 85.8 Å². The fourth-order valence-corrected chi connectivity index (χ4v) is 5.53. The first kappa shape index (κ1) is 25.4. The molecule has 6 nitrogen and oxygen atoms in total. The predicted octanol–water partition coefficient (Wildman–Crippen LogP) is 5.74. The molecular formula is C32H30O6. The Labute approximate surface area is 222 Å². The van der Waals surface area contributed by atoms with Crippen LogP contribution in [0.1, 0.15) is 45.5 Å². The van der Waals surface area contributed by atoms with Crippen molar-refractivity contribution in [3.63, 3.8) is 0 Å². The van der Waals surface area contributed by atoms with E-state index >= 15 is 0 Å². The summed E-state index contributed by atoms with van der Waals surface area (Å²) in [5.74, 6) is 1.44. The van der Waals surface area contributed by atoms with Gasteiger partial charge >= 0.3 is 0 Å². The van der Waals surface area contributed by atoms with E-state index in [-0.39, 0.29) is 5.78 Å². The summed E-state index contributed by atoms with van der Waals surface area (Å²) in [4.78, 5) is 13.5. The van der Waals surface area contributed by atoms with Gasteiger partial charge in [-0.25, -0.2) is 0 Å². The second kappa shape index (κ2) is 10.2. The molecule has 5 rings (SSSR count). The highest BCUT2D eigenvalue weighted by Gasteiger charge is 2.51. The largest absolute Gasteiger partial charge is 0.493 e. The lowest BCUT2D eigenvalue weighted by Gasteiger charge is -2.44. The molecule has 4 aromatic carbocycles. The van der Waals surface area contributed by atoms with E-state index in [9.17, 15) is 9.90 Å². The number of methoxy groups -OCH3 is 3. The Balaban J connectivity index is 1.76. The van der Waals surface area contributed by atoms with Crippen molar-refractivity contribution in [2.24, 2.45) is 0 Å². The molecule has 0 heterocycles. The van der Waals surface area contributed by atoms with Gasteiger partial charge in [0.2, 0.25) is 0 Å². The maximum atomic E-state index is 13.5. The number of hydrogen-bond donors (Lipinski definition) is 1. The van der Waals surface area contributed by atoms with Crippen molar-refractivity contribution in [2.45, 2.75) is 24.5 Å². The van der Waals surface area contributed by atoms with Crippen molar-refractivity contribution in [3.8, 4) is 23.0 Å². The molecule has 0 unspecified atom stereocenters. The first-order valence-corrected chi connectivity index (χ1v) is 12.4. The molecule has 0 fully saturated rings. The fourth-order valence-electron chi connectivity index (χ4n) is 5.53. The van der Waals surface area contributed by atoms with Gasteiger partial charge in [-0.15, -0.1) is 0 Å². The zero-order valence-corrected chi connectivity index (χ0v) is 21.8. The van der Waals surface area contributed by atoms with Crippen LogP contribution in [-0.4, -0.2) is 38.3 Å². The van der Waals surface area contributed by atoms with E-state index in [0.29, 0.717) is 45.3 Å². The molecule has 1 aliphatic carbocycles. The van der Waals surface area contributed by atoms with Crippen LogP contribution in [0.2, 0.25) is 0 Å². The number of aliphatic hydroxyl groups is 1. The minimum atomic E-state index is -1.61. The van der Waals surface area contributed by atoms with Gasteiger partial charge in [0.05, 0.1) is 27.2 Å². The van der Waals surface area contributed by atoms with E-state index in [0.717, 1.165) is 5.56 Å². The Hall–Kier alpha value is -4.29. The van der Waals surface area contributed by atoms with Crippen LogP contribution in [0, 0.1) is 0 Å². The summed E-state index contributed by atoms with van der Waals surface area (Å²) in [6.45, 7) is 1.91. The number of ether oxygens (including phenoxy) is 4. The summed E-state index contributed by atoms with van der Waals surface area (Å²) in [6, 6.07) is 27.4. The van der Waals surface area contributed by atoms with Crippen LogP contribution in [0.15, 0.2) is 91.0 Å². The average Bonchev–Trinajstić information content (AvgIpc) is 2.96. The first-order chi connectivity index (χ1) is 18.4. The molecule has 0 spiro atoms. The maximum absolute atomic E-state index is 13.5. The van der Waals surface area contributed by atoms with Crippen LogP contribution in [0.4, 0.5) is 0 Å². The van der Waals surface area contributed by atoms with Gasteiger partial charge in [-0.3, -0.25) is 4.79 Å². The number of hydrogen-bond acceptors (Lipinski definition) is 6. The lowest BCUT2D eigenvalue weighted by Crippen LogP contribution is -2.46. The van der Waals surface area contributed by atoms with Gasteiger partial charge in [0.15, 0.2) is 28.8 Å². The number of benzene rings is 4. The second-order valence-electron chi connectivity index (χ2n) is 9.25. The van der Waals surface area contributed by atoms with Crippen LogP contribution in [-0.2, 0) is 5.60 Å². The van der Waals surface area contributed by atoms with Gasteiger partial charge in [-0.1, -0.05) is 66.7 Å². The van der Waals surface area contributed by atoms with Crippen molar-refractivity contribution < 1.29 is 28.8 Å². The molecule has 1 N–H and O–H groups in total. The Morgan fingerprint density at radius 2 is 1.16 bits per heavy atom. The highest BCUT2D eigenvalue weighted by Crippen LogP contribution is 2.51. The van der Waals surface area contributed by atoms with Crippen LogP contribution < -0.4 is 18.9 Å². The number of carbonyl (C=O) groups excluding carboxylic acids is 1. The van der Waals surface area contributed by atoms with Crippen molar-refractivity contribution in [1.82, 2.24) is 0 Å². The van der Waals surface area contributed by atoms with Crippen molar-refractivity contribution in [2.75, 3.05) is 21.3 Å². The smallest absolute Gasteiger partial charge is 0.193 e. The lowest BCUT2D eigenvalue weighted by atomic mass is 9.65. The summed E-state index contributed by atoms with van der Waals surface area (Å²) >= 11 is 0. The first-order valence-electron chi connectivity index (χ1n) is 12.4. The standard InChI is InChI=1S/C32H30O6/c1-20(38-28-16-10-9-15-26(28)35-2)30(21-17-18-27(36-3)29(19-21)37-4)32(34)24-13-7-5-11-22(24)31(33)23-12-6-8-14-25(23)32/h5-20,30,34H,1-4H3/t20-,30-/m1/s1. The fraction of sp³-hybridized carbons (Fsp3) is 0.219. The monoisotopic (exact) mass is 510 g/mol. The summed E-state index contributed by atoms with van der Waals surface area (Å²) < 4.78 is 23.1. The van der Waals surface area contributed by atoms with Crippen LogP contribution in [0.5, 0.6) is 23.0 Å². The molecule has 6 heteroatoms. The molecular weight excluding hydrogens is 480 g/mol. The number of rotatable bonds is 8. The summed E-state index contributed by atoms with van der Waals surface area (Å²) in [5, 5.41) is 12.9. The van der Waals surface area contributed by atoms with Crippen LogP contribution >= 0.6 is 0 Å². The van der Waals surface area contributed by atoms with E-state index in [1.54, 1.807) is 33.5 Å². The van der Waals surface area contributed by atoms with Gasteiger partial charge in [0.25, 0.3) is 0 Å². The molecule has 0 aliphatic heterocycles. The third-order valence-corrected chi connectivity index (χ3v) is 7.23. The predicted molar refractivity (Wildman–Crippen MR) is 145 cm³/mol. The van der Waals surface area contributed by atoms with Crippen molar-refractivity contribution >= 4 is 5.78 Å². The summed E-state index contributed by atoms with van der Waals surface area (Å²) in [7, 11) is 4.74. The highest BCUT2D eigenvalue weighted by molar-refractivity contribution is 6.13. The Bertz CT molecular complexity index is 1430. The zero-order chi connectivity index (χ0) is 26.9. The van der Waals surface area contributed by atoms with E-state index in [1.165, 1.54) is 0 Å². The van der Waals surface area contributed by atoms with Gasteiger partial charge in [0, 0.05) is 11.1 Å². The topological polar surface area (TPSA) is 74.2 Å². The van der Waals surface area contributed by atoms with Crippen molar-refractivity contribution in [3.05, 3.63) is 119 Å². The normalized spacial score (nSPS) is 15.0. The molecule has 0 saturated heterocycles. The van der Waals surface area contributed by atoms with E-state index in [4.69, 9.17) is 18.9 Å².